The van der Waals surface area contributed by atoms with Crippen LogP contribution in [0.4, 0.5) is 17.1 Å². The van der Waals surface area contributed by atoms with Crippen LogP contribution in [-0.4, -0.2) is 46.4 Å². The zero-order chi connectivity index (χ0) is 18.9. The van der Waals surface area contributed by atoms with Gasteiger partial charge in [0.25, 0.3) is 10.0 Å². The molecule has 0 aliphatic carbocycles. The van der Waals surface area contributed by atoms with E-state index in [-0.39, 0.29) is 17.3 Å². The zero-order valence-electron chi connectivity index (χ0n) is 15.2. The molecule has 26 heavy (non-hydrogen) atoms. The molecule has 1 heterocycles. The van der Waals surface area contributed by atoms with E-state index >= 15 is 0 Å². The molecule has 0 spiro atoms. The minimum atomic E-state index is -3.76. The molecule has 1 aliphatic heterocycles. The maximum Gasteiger partial charge on any atom is 0.266 e. The van der Waals surface area contributed by atoms with Gasteiger partial charge in [-0.3, -0.25) is 14.0 Å². The molecule has 3 rings (SSSR count). The minimum absolute atomic E-state index is 0.150. The van der Waals surface area contributed by atoms with Crippen molar-refractivity contribution in [2.24, 2.45) is 0 Å². The molecule has 2 aromatic carbocycles. The number of carbonyl (C=O) groups excluding carboxylic acids is 1. The number of benzene rings is 2. The predicted octanol–water partition coefficient (Wildman–Crippen LogP) is 2.83. The first-order chi connectivity index (χ1) is 12.4. The van der Waals surface area contributed by atoms with Gasteiger partial charge in [-0.1, -0.05) is 31.2 Å². The van der Waals surface area contributed by atoms with Crippen LogP contribution in [0.2, 0.25) is 0 Å². The van der Waals surface area contributed by atoms with Crippen molar-refractivity contribution in [2.45, 2.75) is 18.2 Å². The molecule has 0 fully saturated rings. The molecule has 138 valence electrons. The number of amides is 1. The second-order valence-corrected chi connectivity index (χ2v) is 8.33. The Kier molecular flexibility index (Phi) is 5.02. The highest BCUT2D eigenvalue weighted by Crippen LogP contribution is 2.43. The first kappa shape index (κ1) is 18.4. The molecule has 0 bridgehead atoms. The number of carbonyl (C=O) groups is 1. The Hall–Kier alpha value is -2.38. The first-order valence-electron chi connectivity index (χ1n) is 8.56. The highest BCUT2D eigenvalue weighted by Gasteiger charge is 2.37. The van der Waals surface area contributed by atoms with Gasteiger partial charge < -0.3 is 4.90 Å². The average Bonchev–Trinajstić information content (AvgIpc) is 2.67. The van der Waals surface area contributed by atoms with Crippen LogP contribution >= 0.6 is 0 Å². The number of nitrogens with zero attached hydrogens (tertiary/aromatic N) is 3. The van der Waals surface area contributed by atoms with E-state index in [0.29, 0.717) is 30.0 Å². The van der Waals surface area contributed by atoms with Gasteiger partial charge in [0.2, 0.25) is 5.91 Å². The first-order valence-corrected chi connectivity index (χ1v) is 10.0. The van der Waals surface area contributed by atoms with Crippen LogP contribution in [0.1, 0.15) is 13.3 Å². The fraction of sp³-hybridized carbons (Fsp3) is 0.316. The van der Waals surface area contributed by atoms with E-state index in [4.69, 9.17) is 0 Å². The van der Waals surface area contributed by atoms with E-state index in [1.165, 1.54) is 9.21 Å². The molecule has 1 aliphatic rings. The van der Waals surface area contributed by atoms with Gasteiger partial charge in [0.05, 0.1) is 23.6 Å². The number of hydrogen-bond acceptors (Lipinski definition) is 4. The summed E-state index contributed by atoms with van der Waals surface area (Å²) in [5.41, 5.74) is 1.50. The maximum absolute atomic E-state index is 13.3. The summed E-state index contributed by atoms with van der Waals surface area (Å²) in [7, 11) is -0.138. The fourth-order valence-electron chi connectivity index (χ4n) is 3.16. The second kappa shape index (κ2) is 7.09. The normalized spacial score (nSPS) is 15.4. The molecule has 7 heteroatoms. The Morgan fingerprint density at radius 1 is 0.962 bits per heavy atom. The average molecular weight is 373 g/mol. The fourth-order valence-corrected chi connectivity index (χ4v) is 4.90. The van der Waals surface area contributed by atoms with E-state index in [9.17, 15) is 13.2 Å². The van der Waals surface area contributed by atoms with Crippen LogP contribution in [0.3, 0.4) is 0 Å². The predicted molar refractivity (Wildman–Crippen MR) is 103 cm³/mol. The van der Waals surface area contributed by atoms with E-state index < -0.39 is 10.0 Å². The molecular weight excluding hydrogens is 350 g/mol. The number of para-hydroxylation sites is 3. The van der Waals surface area contributed by atoms with Crippen molar-refractivity contribution in [1.82, 2.24) is 4.90 Å². The summed E-state index contributed by atoms with van der Waals surface area (Å²) >= 11 is 0. The van der Waals surface area contributed by atoms with Gasteiger partial charge in [-0.25, -0.2) is 8.42 Å². The van der Waals surface area contributed by atoms with Crippen molar-refractivity contribution < 1.29 is 13.2 Å². The van der Waals surface area contributed by atoms with Crippen LogP contribution in [0.25, 0.3) is 0 Å². The number of rotatable bonds is 4. The third kappa shape index (κ3) is 3.08. The Labute approximate surface area is 154 Å². The Morgan fingerprint density at radius 2 is 1.54 bits per heavy atom. The lowest BCUT2D eigenvalue weighted by Gasteiger charge is -2.26. The second-order valence-electron chi connectivity index (χ2n) is 6.50. The molecule has 2 aromatic rings. The number of anilines is 3. The van der Waals surface area contributed by atoms with Gasteiger partial charge in [0.15, 0.2) is 0 Å². The van der Waals surface area contributed by atoms with Gasteiger partial charge >= 0.3 is 0 Å². The van der Waals surface area contributed by atoms with Gasteiger partial charge in [-0.2, -0.15) is 0 Å². The van der Waals surface area contributed by atoms with Crippen LogP contribution < -0.4 is 9.21 Å². The Balaban J connectivity index is 2.33. The minimum Gasteiger partial charge on any atom is -0.301 e. The lowest BCUT2D eigenvalue weighted by Crippen LogP contribution is -2.35. The molecule has 1 amide bonds. The smallest absolute Gasteiger partial charge is 0.266 e. The van der Waals surface area contributed by atoms with E-state index in [1.54, 1.807) is 47.4 Å². The summed E-state index contributed by atoms with van der Waals surface area (Å²) in [6.45, 7) is 2.46. The van der Waals surface area contributed by atoms with Gasteiger partial charge in [-0.15, -0.1) is 0 Å². The van der Waals surface area contributed by atoms with Gasteiger partial charge in [0, 0.05) is 6.54 Å². The zero-order valence-corrected chi connectivity index (χ0v) is 16.0. The number of fused-ring (bicyclic) bond motifs is 2. The van der Waals surface area contributed by atoms with Crippen LogP contribution in [-0.2, 0) is 14.8 Å². The largest absolute Gasteiger partial charge is 0.301 e. The van der Waals surface area contributed by atoms with E-state index in [1.807, 2.05) is 27.1 Å². The number of likely N-dealkylation sites (N-methyl/N-ethyl adjacent to an activating group) is 1. The van der Waals surface area contributed by atoms with Crippen molar-refractivity contribution >= 4 is 33.0 Å². The summed E-state index contributed by atoms with van der Waals surface area (Å²) < 4.78 is 28.1. The van der Waals surface area contributed by atoms with Gasteiger partial charge in [-0.05, 0) is 44.8 Å². The third-order valence-corrected chi connectivity index (χ3v) is 6.05. The molecule has 0 saturated heterocycles. The van der Waals surface area contributed by atoms with Crippen molar-refractivity contribution in [2.75, 3.05) is 36.4 Å². The lowest BCUT2D eigenvalue weighted by molar-refractivity contribution is -0.118. The molecule has 0 N–H and O–H groups in total. The number of hydrogen-bond donors (Lipinski definition) is 0. The SMILES string of the molecule is CCCN1c2ccccc2N(C(=O)CN(C)C)c2ccccc2S1(=O)=O. The summed E-state index contributed by atoms with van der Waals surface area (Å²) in [6.07, 6.45) is 0.668. The van der Waals surface area contributed by atoms with E-state index in [2.05, 4.69) is 0 Å². The molecular formula is C19H23N3O3S. The van der Waals surface area contributed by atoms with Crippen LogP contribution in [0.15, 0.2) is 53.4 Å². The Morgan fingerprint density at radius 3 is 2.15 bits per heavy atom. The maximum atomic E-state index is 13.3. The molecule has 0 atom stereocenters. The summed E-state index contributed by atoms with van der Waals surface area (Å²) in [5.74, 6) is -0.177. The van der Waals surface area contributed by atoms with Crippen molar-refractivity contribution in [1.29, 1.82) is 0 Å². The molecule has 0 unspecified atom stereocenters. The quantitative estimate of drug-likeness (QED) is 0.827. The highest BCUT2D eigenvalue weighted by atomic mass is 32.2. The van der Waals surface area contributed by atoms with Gasteiger partial charge in [0.1, 0.15) is 4.90 Å². The van der Waals surface area contributed by atoms with Crippen LogP contribution in [0, 0.1) is 0 Å². The molecule has 0 aromatic heterocycles. The lowest BCUT2D eigenvalue weighted by atomic mass is 10.2. The van der Waals surface area contributed by atoms with Crippen molar-refractivity contribution in [3.05, 3.63) is 48.5 Å². The van der Waals surface area contributed by atoms with Crippen LogP contribution in [0.5, 0.6) is 0 Å². The summed E-state index contributed by atoms with van der Waals surface area (Å²) in [6, 6.07) is 13.9. The molecule has 0 radical (unpaired) electrons. The summed E-state index contributed by atoms with van der Waals surface area (Å²) in [5, 5.41) is 0. The van der Waals surface area contributed by atoms with Crippen molar-refractivity contribution in [3.63, 3.8) is 0 Å². The standard InChI is InChI=1S/C19H23N3O3S/c1-4-13-21-15-9-5-6-10-16(15)22(19(23)14-20(2)3)17-11-7-8-12-18(17)26(21,24)25/h5-12H,4,13-14H2,1-3H3. The molecule has 0 saturated carbocycles. The summed E-state index contributed by atoms with van der Waals surface area (Å²) in [4.78, 5) is 16.5. The molecule has 6 nitrogen and oxygen atoms in total. The van der Waals surface area contributed by atoms with Crippen molar-refractivity contribution in [3.8, 4) is 0 Å². The monoisotopic (exact) mass is 373 g/mol. The topological polar surface area (TPSA) is 60.9 Å². The number of sulfonamides is 1. The van der Waals surface area contributed by atoms with E-state index in [0.717, 1.165) is 0 Å². The Bertz CT molecular complexity index is 925. The highest BCUT2D eigenvalue weighted by molar-refractivity contribution is 7.93. The third-order valence-electron chi connectivity index (χ3n) is 4.19.